The third kappa shape index (κ3) is 20.7. The minimum absolute atomic E-state index is 0.0253. The molecule has 2 aromatic carbocycles. The summed E-state index contributed by atoms with van der Waals surface area (Å²) in [7, 11) is 1.00. The number of esters is 1. The summed E-state index contributed by atoms with van der Waals surface area (Å²) in [6.45, 7) is 5.65. The van der Waals surface area contributed by atoms with Crippen LogP contribution in [-0.2, 0) is 41.7 Å². The first-order chi connectivity index (χ1) is 26.2. The van der Waals surface area contributed by atoms with E-state index in [-0.39, 0.29) is 51.6 Å². The van der Waals surface area contributed by atoms with Gasteiger partial charge in [0.05, 0.1) is 19.6 Å². The maximum absolute atomic E-state index is 13.3. The van der Waals surface area contributed by atoms with E-state index in [0.717, 1.165) is 12.7 Å². The summed E-state index contributed by atoms with van der Waals surface area (Å²) in [5.41, 5.74) is 1.54. The summed E-state index contributed by atoms with van der Waals surface area (Å²) in [5.74, 6) is -1.54. The molecule has 2 unspecified atom stereocenters. The third-order valence-electron chi connectivity index (χ3n) is 8.59. The van der Waals surface area contributed by atoms with Crippen molar-refractivity contribution in [3.05, 3.63) is 65.7 Å². The van der Waals surface area contributed by atoms with Gasteiger partial charge in [-0.25, -0.2) is 0 Å². The van der Waals surface area contributed by atoms with Crippen molar-refractivity contribution in [3.63, 3.8) is 0 Å². The first-order valence-electron chi connectivity index (χ1n) is 19.3. The molecule has 0 bridgehead atoms. The highest BCUT2D eigenvalue weighted by molar-refractivity contribution is 5.91. The van der Waals surface area contributed by atoms with Gasteiger partial charge in [-0.1, -0.05) is 101 Å². The van der Waals surface area contributed by atoms with Gasteiger partial charge in [-0.3, -0.25) is 24.0 Å². The van der Waals surface area contributed by atoms with Gasteiger partial charge in [0.25, 0.3) is 0 Å². The average Bonchev–Trinajstić information content (AvgIpc) is 3.19. The monoisotopic (exact) mass is 756 g/mol. The summed E-state index contributed by atoms with van der Waals surface area (Å²) in [6.07, 6.45) is 11.1. The molecular weight excluding hydrogens is 692 g/mol. The number of carbonyl (C=O) groups excluding carboxylic acids is 5. The van der Waals surface area contributed by atoms with E-state index in [0.29, 0.717) is 43.6 Å². The SMILES string of the molecule is C1CCCCC1.CCCC(CC(=O)NCC(=O)OCc1ccccc1)NC(=O)C(CC)N(CC)C(=O)CNC(=O)Cc1cccc(OCCCO)c1.CO. The van der Waals surface area contributed by atoms with Crippen LogP contribution in [0, 0.1) is 0 Å². The molecule has 2 atom stereocenters. The van der Waals surface area contributed by atoms with Gasteiger partial charge in [-0.15, -0.1) is 0 Å². The van der Waals surface area contributed by atoms with Gasteiger partial charge < -0.3 is 40.5 Å². The van der Waals surface area contributed by atoms with Crippen molar-refractivity contribution in [2.24, 2.45) is 0 Å². The molecule has 302 valence electrons. The van der Waals surface area contributed by atoms with Crippen LogP contribution in [0.25, 0.3) is 0 Å². The highest BCUT2D eigenvalue weighted by atomic mass is 16.5. The zero-order chi connectivity index (χ0) is 40.0. The first kappa shape index (κ1) is 47.5. The Balaban J connectivity index is 0.00000163. The van der Waals surface area contributed by atoms with E-state index in [2.05, 4.69) is 16.0 Å². The second-order valence-electron chi connectivity index (χ2n) is 12.9. The van der Waals surface area contributed by atoms with E-state index in [1.54, 1.807) is 38.1 Å². The van der Waals surface area contributed by atoms with Gasteiger partial charge in [0, 0.05) is 39.1 Å². The fourth-order valence-corrected chi connectivity index (χ4v) is 5.83. The maximum atomic E-state index is 13.3. The maximum Gasteiger partial charge on any atom is 0.325 e. The van der Waals surface area contributed by atoms with Gasteiger partial charge in [0.2, 0.25) is 23.6 Å². The molecule has 1 saturated carbocycles. The van der Waals surface area contributed by atoms with E-state index in [9.17, 15) is 24.0 Å². The summed E-state index contributed by atoms with van der Waals surface area (Å²) in [4.78, 5) is 65.1. The number of nitrogens with zero attached hydrogens (tertiary/aromatic N) is 1. The molecule has 0 heterocycles. The predicted molar refractivity (Wildman–Crippen MR) is 208 cm³/mol. The lowest BCUT2D eigenvalue weighted by Gasteiger charge is -2.31. The van der Waals surface area contributed by atoms with Crippen LogP contribution in [0.2, 0.25) is 0 Å². The Morgan fingerprint density at radius 1 is 0.815 bits per heavy atom. The van der Waals surface area contributed by atoms with Crippen LogP contribution in [0.3, 0.4) is 0 Å². The van der Waals surface area contributed by atoms with E-state index in [1.165, 1.54) is 43.4 Å². The minimum atomic E-state index is -0.794. The second kappa shape index (κ2) is 29.9. The van der Waals surface area contributed by atoms with Crippen molar-refractivity contribution in [1.82, 2.24) is 20.9 Å². The summed E-state index contributed by atoms with van der Waals surface area (Å²) in [5, 5.41) is 24.0. The summed E-state index contributed by atoms with van der Waals surface area (Å²) < 4.78 is 10.7. The van der Waals surface area contributed by atoms with Crippen molar-refractivity contribution < 1.29 is 43.7 Å². The predicted octanol–water partition coefficient (Wildman–Crippen LogP) is 4.22. The molecule has 0 saturated heterocycles. The number of rotatable bonds is 21. The molecule has 3 rings (SSSR count). The molecule has 5 N–H and O–H groups in total. The number of hydrogen-bond donors (Lipinski definition) is 5. The number of aliphatic hydroxyl groups excluding tert-OH is 2. The van der Waals surface area contributed by atoms with Crippen LogP contribution in [-0.4, -0.2) is 96.8 Å². The molecule has 2 aromatic rings. The third-order valence-corrected chi connectivity index (χ3v) is 8.59. The van der Waals surface area contributed by atoms with Gasteiger partial charge >= 0.3 is 5.97 Å². The van der Waals surface area contributed by atoms with Crippen LogP contribution in [0.15, 0.2) is 54.6 Å². The smallest absolute Gasteiger partial charge is 0.325 e. The Labute approximate surface area is 321 Å². The van der Waals surface area contributed by atoms with Gasteiger partial charge in [-0.05, 0) is 43.0 Å². The number of carbonyl (C=O) groups is 5. The standard InChI is InChI=1S/C34H48N4O8.C6H12.CH4O/c1-4-12-27(21-31(41)36-23-33(43)46-24-25-13-8-7-9-14-25)37-34(44)29(5-2)38(6-3)32(42)22-35-30(40)20-26-15-10-16-28(19-26)45-18-11-17-39;1-2-4-6-5-3-1;1-2/h7-10,13-16,19,27,29,39H,4-6,11-12,17-18,20-24H2,1-3H3,(H,35,40)(H,36,41)(H,37,44);1-6H2;2H,1H3. The van der Waals surface area contributed by atoms with Crippen LogP contribution in [0.5, 0.6) is 5.75 Å². The quantitative estimate of drug-likeness (QED) is 0.0920. The lowest BCUT2D eigenvalue weighted by Crippen LogP contribution is -2.54. The van der Waals surface area contributed by atoms with Crippen molar-refractivity contribution in [1.29, 1.82) is 0 Å². The van der Waals surface area contributed by atoms with Crippen LogP contribution < -0.4 is 20.7 Å². The molecule has 0 aliphatic heterocycles. The van der Waals surface area contributed by atoms with E-state index < -0.39 is 35.8 Å². The van der Waals surface area contributed by atoms with Crippen molar-refractivity contribution in [2.45, 2.75) is 117 Å². The van der Waals surface area contributed by atoms with Crippen LogP contribution in [0.4, 0.5) is 0 Å². The number of amides is 4. The van der Waals surface area contributed by atoms with Crippen LogP contribution in [0.1, 0.15) is 103 Å². The first-order valence-corrected chi connectivity index (χ1v) is 19.3. The number of likely N-dealkylation sites (N-methyl/N-ethyl adjacent to an activating group) is 1. The van der Waals surface area contributed by atoms with E-state index >= 15 is 0 Å². The van der Waals surface area contributed by atoms with Gasteiger partial charge in [0.1, 0.15) is 24.9 Å². The topological polar surface area (TPSA) is 184 Å². The molecule has 1 aliphatic carbocycles. The zero-order valence-corrected chi connectivity index (χ0v) is 32.8. The largest absolute Gasteiger partial charge is 0.493 e. The molecule has 0 aromatic heterocycles. The molecule has 0 spiro atoms. The minimum Gasteiger partial charge on any atom is -0.493 e. The second-order valence-corrected chi connectivity index (χ2v) is 12.9. The average molecular weight is 757 g/mol. The van der Waals surface area contributed by atoms with Crippen LogP contribution >= 0.6 is 0 Å². The Morgan fingerprint density at radius 3 is 2.04 bits per heavy atom. The summed E-state index contributed by atoms with van der Waals surface area (Å²) in [6, 6.07) is 15.0. The van der Waals surface area contributed by atoms with Gasteiger partial charge in [-0.2, -0.15) is 0 Å². The number of ether oxygens (including phenoxy) is 2. The highest BCUT2D eigenvalue weighted by Crippen LogP contribution is 2.16. The zero-order valence-electron chi connectivity index (χ0n) is 32.8. The number of benzene rings is 2. The van der Waals surface area contributed by atoms with Gasteiger partial charge in [0.15, 0.2) is 0 Å². The molecule has 1 fully saturated rings. The molecule has 1 aliphatic rings. The van der Waals surface area contributed by atoms with E-state index in [1.807, 2.05) is 37.3 Å². The molecule has 13 heteroatoms. The fraction of sp³-hybridized carbons (Fsp3) is 0.585. The van der Waals surface area contributed by atoms with Crippen molar-refractivity contribution in [3.8, 4) is 5.75 Å². The normalized spacial score (nSPS) is 12.9. The van der Waals surface area contributed by atoms with Crippen molar-refractivity contribution in [2.75, 3.05) is 40.0 Å². The lowest BCUT2D eigenvalue weighted by atomic mass is 10.0. The Hall–Kier alpha value is -4.49. The van der Waals surface area contributed by atoms with Crippen molar-refractivity contribution >= 4 is 29.6 Å². The number of hydrogen-bond acceptors (Lipinski definition) is 9. The highest BCUT2D eigenvalue weighted by Gasteiger charge is 2.29. The Kier molecular flexibility index (Phi) is 26.3. The Morgan fingerprint density at radius 2 is 1.44 bits per heavy atom. The molecule has 54 heavy (non-hydrogen) atoms. The molecule has 13 nitrogen and oxygen atoms in total. The summed E-state index contributed by atoms with van der Waals surface area (Å²) >= 11 is 0. The number of aliphatic hydroxyl groups is 2. The molecular formula is C41H64N4O9. The lowest BCUT2D eigenvalue weighted by molar-refractivity contribution is -0.145. The molecule has 4 amide bonds. The molecule has 0 radical (unpaired) electrons. The van der Waals surface area contributed by atoms with E-state index in [4.69, 9.17) is 19.7 Å². The fourth-order valence-electron chi connectivity index (χ4n) is 5.83. The Bertz CT molecular complexity index is 1340. The number of nitrogens with one attached hydrogen (secondary N) is 3.